The Morgan fingerprint density at radius 2 is 1.96 bits per heavy atom. The summed E-state index contributed by atoms with van der Waals surface area (Å²) >= 11 is 0. The molecule has 0 heterocycles. The van der Waals surface area contributed by atoms with E-state index in [1.54, 1.807) is 0 Å². The van der Waals surface area contributed by atoms with Gasteiger partial charge in [0.25, 0.3) is 0 Å². The van der Waals surface area contributed by atoms with E-state index >= 15 is 0 Å². The van der Waals surface area contributed by atoms with Crippen LogP contribution in [-0.2, 0) is 10.0 Å². The highest BCUT2D eigenvalue weighted by atomic mass is 127. The van der Waals surface area contributed by atoms with Crippen LogP contribution in [0.5, 0.6) is 0 Å². The monoisotopic (exact) mass is 510 g/mol. The van der Waals surface area contributed by atoms with Crippen LogP contribution in [0.4, 0.5) is 0 Å². The van der Waals surface area contributed by atoms with Crippen molar-refractivity contribution in [3.05, 3.63) is 35.4 Å². The van der Waals surface area contributed by atoms with Crippen molar-refractivity contribution in [1.82, 2.24) is 14.9 Å². The molecule has 0 fully saturated rings. The van der Waals surface area contributed by atoms with E-state index in [1.807, 2.05) is 13.8 Å². The average Bonchev–Trinajstić information content (AvgIpc) is 2.58. The highest BCUT2D eigenvalue weighted by Crippen LogP contribution is 2.16. The maximum atomic E-state index is 11.6. The zero-order chi connectivity index (χ0) is 19.6. The van der Waals surface area contributed by atoms with E-state index in [9.17, 15) is 8.42 Å². The molecule has 0 aromatic heterocycles. The summed E-state index contributed by atoms with van der Waals surface area (Å²) in [6.07, 6.45) is 1.99. The molecule has 27 heavy (non-hydrogen) atoms. The molecular weight excluding hydrogens is 475 g/mol. The van der Waals surface area contributed by atoms with Crippen LogP contribution in [0.15, 0.2) is 29.3 Å². The zero-order valence-electron chi connectivity index (χ0n) is 17.2. The normalized spacial score (nSPS) is 13.2. The molecule has 0 radical (unpaired) electrons. The lowest BCUT2D eigenvalue weighted by Gasteiger charge is -2.18. The van der Waals surface area contributed by atoms with Gasteiger partial charge in [-0.1, -0.05) is 43.7 Å². The lowest BCUT2D eigenvalue weighted by molar-refractivity contribution is 0.424. The first-order valence-corrected chi connectivity index (χ1v) is 11.2. The minimum Gasteiger partial charge on any atom is -0.357 e. The van der Waals surface area contributed by atoms with Gasteiger partial charge in [0.1, 0.15) is 0 Å². The van der Waals surface area contributed by atoms with Gasteiger partial charge in [-0.2, -0.15) is 0 Å². The third-order valence-electron chi connectivity index (χ3n) is 4.18. The summed E-state index contributed by atoms with van der Waals surface area (Å²) in [5.41, 5.74) is 2.55. The third kappa shape index (κ3) is 10.3. The number of hydrogen-bond donors (Lipinski definition) is 2. The molecule has 156 valence electrons. The molecule has 1 rings (SSSR count). The Balaban J connectivity index is 0.00000676. The molecule has 0 aliphatic rings. The second kappa shape index (κ2) is 13.3. The van der Waals surface area contributed by atoms with Gasteiger partial charge in [0.2, 0.25) is 10.0 Å². The molecular formula is C19H35IN4O2S. The summed E-state index contributed by atoms with van der Waals surface area (Å²) in [6.45, 7) is 11.3. The third-order valence-corrected chi connectivity index (χ3v) is 5.56. The topological polar surface area (TPSA) is 73.8 Å². The molecule has 8 heteroatoms. The number of aliphatic imine (C=N–C) groups is 1. The van der Waals surface area contributed by atoms with Gasteiger partial charge in [-0.25, -0.2) is 12.7 Å². The minimum atomic E-state index is -3.12. The van der Waals surface area contributed by atoms with Crippen LogP contribution in [0.2, 0.25) is 0 Å². The van der Waals surface area contributed by atoms with Crippen LogP contribution < -0.4 is 10.6 Å². The van der Waals surface area contributed by atoms with E-state index in [-0.39, 0.29) is 24.0 Å². The molecule has 0 amide bonds. The largest absolute Gasteiger partial charge is 0.357 e. The first-order valence-electron chi connectivity index (χ1n) is 9.31. The van der Waals surface area contributed by atoms with Crippen molar-refractivity contribution in [2.24, 2.45) is 4.99 Å². The number of benzene rings is 1. The van der Waals surface area contributed by atoms with Crippen LogP contribution in [0.1, 0.15) is 44.2 Å². The van der Waals surface area contributed by atoms with E-state index in [0.717, 1.165) is 18.9 Å². The van der Waals surface area contributed by atoms with Crippen LogP contribution in [-0.4, -0.2) is 57.7 Å². The highest BCUT2D eigenvalue weighted by Gasteiger charge is 2.13. The number of hydrogen-bond acceptors (Lipinski definition) is 3. The Morgan fingerprint density at radius 1 is 1.26 bits per heavy atom. The quantitative estimate of drug-likeness (QED) is 0.220. The second-order valence-corrected chi connectivity index (χ2v) is 8.55. The first-order chi connectivity index (χ1) is 12.3. The van der Waals surface area contributed by atoms with E-state index < -0.39 is 10.0 Å². The lowest BCUT2D eigenvalue weighted by atomic mass is 10.00. The smallest absolute Gasteiger partial charge is 0.211 e. The van der Waals surface area contributed by atoms with Gasteiger partial charge in [-0.05, 0) is 25.8 Å². The van der Waals surface area contributed by atoms with Crippen molar-refractivity contribution < 1.29 is 8.42 Å². The molecule has 1 unspecified atom stereocenters. The minimum absolute atomic E-state index is 0. The number of rotatable bonds is 10. The molecule has 0 bridgehead atoms. The van der Waals surface area contributed by atoms with Gasteiger partial charge >= 0.3 is 0 Å². The number of halogens is 1. The predicted molar refractivity (Wildman–Crippen MR) is 126 cm³/mol. The van der Waals surface area contributed by atoms with Crippen LogP contribution in [0, 0.1) is 6.92 Å². The first kappa shape index (κ1) is 26.1. The van der Waals surface area contributed by atoms with Gasteiger partial charge in [-0.3, -0.25) is 4.99 Å². The van der Waals surface area contributed by atoms with Gasteiger partial charge in [0.05, 0.1) is 6.26 Å². The molecule has 1 aromatic rings. The highest BCUT2D eigenvalue weighted by molar-refractivity contribution is 14.0. The fourth-order valence-electron chi connectivity index (χ4n) is 2.67. The molecule has 0 spiro atoms. The maximum Gasteiger partial charge on any atom is 0.211 e. The lowest BCUT2D eigenvalue weighted by Crippen LogP contribution is -2.39. The Morgan fingerprint density at radius 3 is 2.52 bits per heavy atom. The number of sulfonamides is 1. The summed E-state index contributed by atoms with van der Waals surface area (Å²) in [4.78, 5) is 4.67. The van der Waals surface area contributed by atoms with E-state index in [2.05, 4.69) is 53.7 Å². The number of aryl methyl sites for hydroxylation is 1. The maximum absolute atomic E-state index is 11.6. The summed E-state index contributed by atoms with van der Waals surface area (Å²) in [5.74, 6) is 1.11. The summed E-state index contributed by atoms with van der Waals surface area (Å²) < 4.78 is 24.7. The molecule has 2 N–H and O–H groups in total. The van der Waals surface area contributed by atoms with Crippen molar-refractivity contribution in [1.29, 1.82) is 0 Å². The van der Waals surface area contributed by atoms with Crippen molar-refractivity contribution in [2.75, 3.05) is 39.0 Å². The molecule has 1 aromatic carbocycles. The number of nitrogens with one attached hydrogen (secondary N) is 2. The van der Waals surface area contributed by atoms with E-state index in [4.69, 9.17) is 0 Å². The van der Waals surface area contributed by atoms with Crippen molar-refractivity contribution >= 4 is 40.0 Å². The van der Waals surface area contributed by atoms with Crippen LogP contribution >= 0.6 is 24.0 Å². The van der Waals surface area contributed by atoms with Gasteiger partial charge in [0.15, 0.2) is 5.96 Å². The Labute approximate surface area is 182 Å². The van der Waals surface area contributed by atoms with Crippen molar-refractivity contribution in [3.63, 3.8) is 0 Å². The van der Waals surface area contributed by atoms with Crippen LogP contribution in [0.25, 0.3) is 0 Å². The summed E-state index contributed by atoms with van der Waals surface area (Å²) in [5, 5.41) is 6.53. The summed E-state index contributed by atoms with van der Waals surface area (Å²) in [6, 6.07) is 8.51. The second-order valence-electron chi connectivity index (χ2n) is 6.57. The predicted octanol–water partition coefficient (Wildman–Crippen LogP) is 2.94. The molecule has 0 saturated carbocycles. The average molecular weight is 510 g/mol. The zero-order valence-corrected chi connectivity index (χ0v) is 20.3. The van der Waals surface area contributed by atoms with Gasteiger partial charge < -0.3 is 10.6 Å². The number of guanidine groups is 1. The Hall–Kier alpha value is -0.870. The molecule has 0 aliphatic heterocycles. The van der Waals surface area contributed by atoms with E-state index in [1.165, 1.54) is 21.7 Å². The standard InChI is InChI=1S/C19H34N4O2S.HI/c1-6-20-19(21-12-9-13-23(7-2)26(5,24)25)22-15-17(4)18-11-8-10-16(3)14-18;/h8,10-11,14,17H,6-7,9,12-13,15H2,1-5H3,(H2,20,21,22);1H. The number of nitrogens with zero attached hydrogens (tertiary/aromatic N) is 2. The fourth-order valence-corrected chi connectivity index (χ4v) is 3.60. The van der Waals surface area contributed by atoms with Gasteiger partial charge in [0, 0.05) is 38.6 Å². The summed E-state index contributed by atoms with van der Waals surface area (Å²) in [7, 11) is -3.12. The Kier molecular flexibility index (Phi) is 12.9. The van der Waals surface area contributed by atoms with Gasteiger partial charge in [-0.15, -0.1) is 24.0 Å². The SMILES string of the molecule is CCNC(=NCC(C)c1cccc(C)c1)NCCCN(CC)S(C)(=O)=O.I. The molecule has 1 atom stereocenters. The van der Waals surface area contributed by atoms with Crippen molar-refractivity contribution in [3.8, 4) is 0 Å². The van der Waals surface area contributed by atoms with Crippen LogP contribution in [0.3, 0.4) is 0 Å². The Bertz CT molecular complexity index is 680. The van der Waals surface area contributed by atoms with Crippen molar-refractivity contribution in [2.45, 2.75) is 40.0 Å². The fraction of sp³-hybridized carbons (Fsp3) is 0.632. The molecule has 6 nitrogen and oxygen atoms in total. The molecule has 0 saturated heterocycles. The molecule has 0 aliphatic carbocycles. The van der Waals surface area contributed by atoms with E-state index in [0.29, 0.717) is 32.1 Å².